The van der Waals surface area contributed by atoms with E-state index in [9.17, 15) is 10.4 Å². The Morgan fingerprint density at radius 3 is 0.754 bits per heavy atom. The van der Waals surface area contributed by atoms with Gasteiger partial charge in [0.25, 0.3) is 0 Å². The predicted octanol–water partition coefficient (Wildman–Crippen LogP) is 18.8. The molecule has 14 heteroatoms. The lowest BCUT2D eigenvalue weighted by atomic mass is 9.95. The van der Waals surface area contributed by atoms with E-state index in [1.165, 1.54) is 66.8 Å². The van der Waals surface area contributed by atoms with Gasteiger partial charge in [-0.2, -0.15) is 0 Å². The second kappa shape index (κ2) is 41.9. The Hall–Kier alpha value is -9.92. The van der Waals surface area contributed by atoms with Gasteiger partial charge in [0.1, 0.15) is 62.8 Å². The lowest BCUT2D eigenvalue weighted by molar-refractivity contribution is -0.875. The molecule has 2 unspecified atom stereocenters. The Bertz CT molecular complexity index is 4530. The van der Waals surface area contributed by atoms with Crippen molar-refractivity contribution in [1.29, 1.82) is 0 Å². The number of ether oxygens (including phenoxy) is 6. The minimum absolute atomic E-state index is 0.0597. The van der Waals surface area contributed by atoms with Crippen LogP contribution < -0.4 is 10.6 Å². The molecule has 0 saturated carbocycles. The Kier molecular flexibility index (Phi) is 30.2. The molecule has 0 amide bonds. The van der Waals surface area contributed by atoms with Gasteiger partial charge in [0.05, 0.1) is 53.7 Å². The average Bonchev–Trinajstić information content (AvgIpc) is 0.740. The third-order valence-electron chi connectivity index (χ3n) is 21.5. The topological polar surface area (TPSA) is 132 Å². The minimum Gasteiger partial charge on any atom is -0.633 e. The summed E-state index contributed by atoms with van der Waals surface area (Å²) >= 11 is 0. The Morgan fingerprint density at radius 2 is 0.474 bits per heavy atom. The maximum absolute atomic E-state index is 12.4. The molecule has 0 spiro atoms. The molecule has 18 rings (SSSR count). The van der Waals surface area contributed by atoms with Gasteiger partial charge in [-0.15, -0.1) is 0 Å². The quantitative estimate of drug-likeness (QED) is 0.121. The van der Waals surface area contributed by atoms with Crippen LogP contribution in [0.1, 0.15) is 137 Å². The van der Waals surface area contributed by atoms with E-state index < -0.39 is 0 Å². The molecule has 0 radical (unpaired) electrons. The van der Waals surface area contributed by atoms with Crippen LogP contribution >= 0.6 is 0 Å². The Morgan fingerprint density at radius 1 is 0.263 bits per heavy atom. The number of hydroxylamine groups is 6. The van der Waals surface area contributed by atoms with Crippen LogP contribution in [0.2, 0.25) is 0 Å². The standard InChI is InChI=1S/2C17H19NO2.2C17H19NO.2C16H17NO/c2*1-18(19)11-12-20-17(14-7-3-2-4-8-14)16-10-6-5-9-15(16)13-18;2*1-18-11-12-19-17(14-7-3-2-4-8-14)16-10-6-5-9-15(16)13-18;2*1-2-6-13(7-3-1)16-15-9-5-4-8-14(15)12-17-10-11-18-16/h2*2-10,17H,11-13H2,1H3;2*2-10,17H,11-13H2,1H3;2*1-9,16-17H,10-12H2/t2*17-,18?;2*17-;2*16-/m101010/s1. The highest BCUT2D eigenvalue weighted by atomic mass is 16.6. The van der Waals surface area contributed by atoms with Crippen molar-refractivity contribution in [3.63, 3.8) is 0 Å². The molecule has 6 heterocycles. The first-order valence-electron chi connectivity index (χ1n) is 40.3. The molecular formula is C100H110N6O8. The van der Waals surface area contributed by atoms with Gasteiger partial charge >= 0.3 is 0 Å². The van der Waals surface area contributed by atoms with Crippen LogP contribution in [-0.4, -0.2) is 126 Å². The molecule has 12 aromatic rings. The number of quaternary nitrogens is 2. The van der Waals surface area contributed by atoms with Crippen molar-refractivity contribution in [1.82, 2.24) is 20.4 Å². The number of hydrogen-bond acceptors (Lipinski definition) is 12. The summed E-state index contributed by atoms with van der Waals surface area (Å²) in [5.74, 6) is 0. The van der Waals surface area contributed by atoms with E-state index in [4.69, 9.17) is 28.4 Å². The van der Waals surface area contributed by atoms with Gasteiger partial charge in [0.2, 0.25) is 0 Å². The molecule has 14 nitrogen and oxygen atoms in total. The Balaban J connectivity index is 0.000000119. The van der Waals surface area contributed by atoms with Crippen molar-refractivity contribution in [2.75, 3.05) is 107 Å². The van der Waals surface area contributed by atoms with Crippen molar-refractivity contribution < 1.29 is 37.7 Å². The third-order valence-corrected chi connectivity index (χ3v) is 21.5. The highest BCUT2D eigenvalue weighted by molar-refractivity contribution is 5.43. The second-order valence-corrected chi connectivity index (χ2v) is 30.3. The first-order chi connectivity index (χ1) is 55.9. The summed E-state index contributed by atoms with van der Waals surface area (Å²) in [5, 5.41) is 31.5. The SMILES string of the molecule is CN1CCO[C@@H](c2ccccc2)c2ccccc2C1.CN1CCO[C@H](c2ccccc2)c2ccccc2C1.C[N+]1([O-])CCO[C@@H](c2ccccc2)c2ccccc2C1.C[N+]1([O-])CCO[C@H](c2ccccc2)c2ccccc2C1.c1ccc([C@@H]2OCCNCc3ccccc32)cc1.c1ccc([C@H]2OCCNCc3ccccc32)cc1. The predicted molar refractivity (Wildman–Crippen MR) is 456 cm³/mol. The van der Waals surface area contributed by atoms with Crippen molar-refractivity contribution >= 4 is 0 Å². The zero-order valence-electron chi connectivity index (χ0n) is 66.4. The van der Waals surface area contributed by atoms with E-state index >= 15 is 0 Å². The number of nitrogens with one attached hydrogen (secondary N) is 2. The number of likely N-dealkylation sites (N-methyl/N-ethyl adjacent to an activating group) is 4. The van der Waals surface area contributed by atoms with Gasteiger partial charge in [-0.05, 0) is 103 Å². The van der Waals surface area contributed by atoms with Crippen molar-refractivity contribution in [3.05, 3.63) is 438 Å². The fourth-order valence-corrected chi connectivity index (χ4v) is 15.5. The molecule has 114 heavy (non-hydrogen) atoms. The maximum Gasteiger partial charge on any atom is 0.108 e. The van der Waals surface area contributed by atoms with E-state index in [2.05, 4.69) is 265 Å². The van der Waals surface area contributed by atoms with Crippen LogP contribution in [0, 0.1) is 10.4 Å². The molecule has 0 aliphatic carbocycles. The highest BCUT2D eigenvalue weighted by Gasteiger charge is 2.29. The molecule has 6 aliphatic heterocycles. The number of nitrogens with zero attached hydrogens (tertiary/aromatic N) is 4. The molecule has 8 atom stereocenters. The van der Waals surface area contributed by atoms with E-state index in [1.54, 1.807) is 14.1 Å². The van der Waals surface area contributed by atoms with Crippen molar-refractivity contribution in [3.8, 4) is 0 Å². The zero-order chi connectivity index (χ0) is 78.6. The van der Waals surface area contributed by atoms with Crippen LogP contribution in [0.25, 0.3) is 0 Å². The van der Waals surface area contributed by atoms with Gasteiger partial charge in [0.15, 0.2) is 0 Å². The number of fused-ring (bicyclic) bond motifs is 6. The van der Waals surface area contributed by atoms with Crippen LogP contribution in [0.5, 0.6) is 0 Å². The molecule has 0 saturated heterocycles. The van der Waals surface area contributed by atoms with Gasteiger partial charge in [0, 0.05) is 63.5 Å². The largest absolute Gasteiger partial charge is 0.633 e. The van der Waals surface area contributed by atoms with E-state index in [0.29, 0.717) is 39.4 Å². The summed E-state index contributed by atoms with van der Waals surface area (Å²) < 4.78 is 35.8. The first-order valence-corrected chi connectivity index (χ1v) is 40.3. The summed E-state index contributed by atoms with van der Waals surface area (Å²) in [6.07, 6.45) is 0.0894. The monoisotopic (exact) mass is 1520 g/mol. The Labute approximate surface area is 675 Å². The van der Waals surface area contributed by atoms with Crippen LogP contribution in [-0.2, 0) is 67.7 Å². The molecule has 0 fully saturated rings. The van der Waals surface area contributed by atoms with E-state index in [-0.39, 0.29) is 45.9 Å². The van der Waals surface area contributed by atoms with Crippen LogP contribution in [0.3, 0.4) is 0 Å². The smallest absolute Gasteiger partial charge is 0.108 e. The third kappa shape index (κ3) is 23.2. The fraction of sp³-hybridized carbons (Fsp3) is 0.280. The summed E-state index contributed by atoms with van der Waals surface area (Å²) in [7, 11) is 7.71. The van der Waals surface area contributed by atoms with Gasteiger partial charge < -0.3 is 58.8 Å². The van der Waals surface area contributed by atoms with Crippen molar-refractivity contribution in [2.24, 2.45) is 0 Å². The van der Waals surface area contributed by atoms with E-state index in [1.807, 2.05) is 97.1 Å². The van der Waals surface area contributed by atoms with Gasteiger partial charge in [-0.25, -0.2) is 0 Å². The average molecular weight is 1520 g/mol. The lowest BCUT2D eigenvalue weighted by Crippen LogP contribution is -2.41. The summed E-state index contributed by atoms with van der Waals surface area (Å²) in [6.45, 7) is 13.5. The summed E-state index contributed by atoms with van der Waals surface area (Å²) in [5.41, 5.74) is 22.1. The van der Waals surface area contributed by atoms with Gasteiger partial charge in [-0.3, -0.25) is 9.80 Å². The molecule has 588 valence electrons. The molecule has 6 aliphatic rings. The maximum atomic E-state index is 12.4. The highest BCUT2D eigenvalue weighted by Crippen LogP contribution is 2.37. The minimum atomic E-state index is -0.279. The number of benzene rings is 12. The lowest BCUT2D eigenvalue weighted by Gasteiger charge is -2.41. The molecule has 0 aromatic heterocycles. The van der Waals surface area contributed by atoms with Crippen molar-refractivity contribution in [2.45, 2.75) is 75.9 Å². The second-order valence-electron chi connectivity index (χ2n) is 30.3. The van der Waals surface area contributed by atoms with Crippen LogP contribution in [0.4, 0.5) is 0 Å². The van der Waals surface area contributed by atoms with E-state index in [0.717, 1.165) is 112 Å². The number of rotatable bonds is 6. The normalized spacial score (nSPS) is 22.3. The molecule has 0 bridgehead atoms. The van der Waals surface area contributed by atoms with Gasteiger partial charge in [-0.1, -0.05) is 328 Å². The fourth-order valence-electron chi connectivity index (χ4n) is 15.5. The summed E-state index contributed by atoms with van der Waals surface area (Å²) in [6, 6.07) is 113. The summed E-state index contributed by atoms with van der Waals surface area (Å²) in [4.78, 5) is 4.61. The first kappa shape index (κ1) is 82.1. The zero-order valence-corrected chi connectivity index (χ0v) is 66.4. The molecule has 2 N–H and O–H groups in total. The number of hydrogen-bond donors (Lipinski definition) is 2. The molecule has 12 aromatic carbocycles. The molecular weight excluding hydrogens is 1410 g/mol. The van der Waals surface area contributed by atoms with Crippen LogP contribution in [0.15, 0.2) is 328 Å².